The first kappa shape index (κ1) is 18.2. The van der Waals surface area contributed by atoms with Crippen molar-refractivity contribution in [1.29, 1.82) is 0 Å². The number of amides is 2. The van der Waals surface area contributed by atoms with Gasteiger partial charge in [0.2, 0.25) is 5.89 Å². The SMILES string of the molecule is CC[C@@H](C)Oc1ccc(NC(=O)N2CCC[C@H](c3nc(C)no3)C2)cc1. The largest absolute Gasteiger partial charge is 0.491 e. The molecule has 1 fully saturated rings. The lowest BCUT2D eigenvalue weighted by Gasteiger charge is -2.31. The number of nitrogens with zero attached hydrogens (tertiary/aromatic N) is 3. The molecule has 1 aromatic heterocycles. The third kappa shape index (κ3) is 4.53. The molecule has 2 atom stereocenters. The number of aryl methyl sites for hydroxylation is 1. The van der Waals surface area contributed by atoms with Crippen LogP contribution in [0, 0.1) is 6.92 Å². The van der Waals surface area contributed by atoms with Gasteiger partial charge in [0.15, 0.2) is 5.82 Å². The number of aromatic nitrogens is 2. The molecule has 1 N–H and O–H groups in total. The molecular formula is C19H26N4O3. The summed E-state index contributed by atoms with van der Waals surface area (Å²) in [4.78, 5) is 18.7. The molecule has 2 amide bonds. The molecule has 26 heavy (non-hydrogen) atoms. The van der Waals surface area contributed by atoms with E-state index in [-0.39, 0.29) is 18.1 Å². The number of piperidine rings is 1. The van der Waals surface area contributed by atoms with Gasteiger partial charge >= 0.3 is 6.03 Å². The maximum Gasteiger partial charge on any atom is 0.321 e. The summed E-state index contributed by atoms with van der Waals surface area (Å²) in [6.07, 6.45) is 3.00. The van der Waals surface area contributed by atoms with E-state index in [0.29, 0.717) is 18.3 Å². The van der Waals surface area contributed by atoms with Crippen molar-refractivity contribution >= 4 is 11.7 Å². The summed E-state index contributed by atoms with van der Waals surface area (Å²) in [6.45, 7) is 7.23. The van der Waals surface area contributed by atoms with E-state index in [9.17, 15) is 4.79 Å². The molecule has 2 heterocycles. The summed E-state index contributed by atoms with van der Waals surface area (Å²) in [6, 6.07) is 7.36. The zero-order valence-corrected chi connectivity index (χ0v) is 15.6. The fourth-order valence-electron chi connectivity index (χ4n) is 2.98. The Balaban J connectivity index is 1.57. The van der Waals surface area contributed by atoms with E-state index < -0.39 is 0 Å². The van der Waals surface area contributed by atoms with E-state index >= 15 is 0 Å². The van der Waals surface area contributed by atoms with Crippen molar-refractivity contribution in [3.05, 3.63) is 36.0 Å². The molecule has 2 aromatic rings. The van der Waals surface area contributed by atoms with Gasteiger partial charge in [-0.1, -0.05) is 12.1 Å². The van der Waals surface area contributed by atoms with E-state index in [4.69, 9.17) is 9.26 Å². The Morgan fingerprint density at radius 3 is 2.85 bits per heavy atom. The molecule has 1 aliphatic heterocycles. The molecule has 0 unspecified atom stereocenters. The van der Waals surface area contributed by atoms with Crippen LogP contribution in [-0.2, 0) is 0 Å². The first-order valence-corrected chi connectivity index (χ1v) is 9.18. The maximum absolute atomic E-state index is 12.6. The lowest BCUT2D eigenvalue weighted by Crippen LogP contribution is -2.41. The number of ether oxygens (including phenoxy) is 1. The normalized spacial score (nSPS) is 18.4. The van der Waals surface area contributed by atoms with Crippen LogP contribution in [0.3, 0.4) is 0 Å². The minimum absolute atomic E-state index is 0.0991. The second-order valence-electron chi connectivity index (χ2n) is 6.76. The summed E-state index contributed by atoms with van der Waals surface area (Å²) in [5.41, 5.74) is 0.752. The molecule has 0 spiro atoms. The Labute approximate surface area is 153 Å². The summed E-state index contributed by atoms with van der Waals surface area (Å²) < 4.78 is 11.0. The number of urea groups is 1. The van der Waals surface area contributed by atoms with Crippen LogP contribution in [0.4, 0.5) is 10.5 Å². The highest BCUT2D eigenvalue weighted by Gasteiger charge is 2.28. The molecule has 0 radical (unpaired) electrons. The molecule has 0 saturated carbocycles. The van der Waals surface area contributed by atoms with Gasteiger partial charge in [-0.2, -0.15) is 4.98 Å². The zero-order valence-electron chi connectivity index (χ0n) is 15.6. The summed E-state index contributed by atoms with van der Waals surface area (Å²) in [5.74, 6) is 2.15. The molecule has 7 heteroatoms. The fraction of sp³-hybridized carbons (Fsp3) is 0.526. The maximum atomic E-state index is 12.6. The number of hydrogen-bond acceptors (Lipinski definition) is 5. The average molecular weight is 358 g/mol. The minimum atomic E-state index is -0.110. The number of anilines is 1. The van der Waals surface area contributed by atoms with Gasteiger partial charge in [0.05, 0.1) is 12.0 Å². The average Bonchev–Trinajstić information content (AvgIpc) is 3.10. The monoisotopic (exact) mass is 358 g/mol. The van der Waals surface area contributed by atoms with Gasteiger partial charge in [-0.15, -0.1) is 0 Å². The van der Waals surface area contributed by atoms with Gasteiger partial charge in [0.25, 0.3) is 0 Å². The van der Waals surface area contributed by atoms with E-state index in [1.807, 2.05) is 31.2 Å². The van der Waals surface area contributed by atoms with Gasteiger partial charge < -0.3 is 19.5 Å². The topological polar surface area (TPSA) is 80.5 Å². The van der Waals surface area contributed by atoms with E-state index in [1.165, 1.54) is 0 Å². The van der Waals surface area contributed by atoms with Crippen molar-refractivity contribution in [2.45, 2.75) is 52.1 Å². The Kier molecular flexibility index (Phi) is 5.75. The summed E-state index contributed by atoms with van der Waals surface area (Å²) in [7, 11) is 0. The van der Waals surface area contributed by atoms with Crippen LogP contribution in [0.2, 0.25) is 0 Å². The quantitative estimate of drug-likeness (QED) is 0.875. The van der Waals surface area contributed by atoms with Gasteiger partial charge in [-0.3, -0.25) is 0 Å². The van der Waals surface area contributed by atoms with Crippen molar-refractivity contribution in [3.63, 3.8) is 0 Å². The summed E-state index contributed by atoms with van der Waals surface area (Å²) >= 11 is 0. The van der Waals surface area contributed by atoms with E-state index in [1.54, 1.807) is 11.8 Å². The molecule has 1 saturated heterocycles. The van der Waals surface area contributed by atoms with E-state index in [2.05, 4.69) is 22.4 Å². The molecule has 140 valence electrons. The van der Waals surface area contributed by atoms with Gasteiger partial charge in [0, 0.05) is 18.8 Å². The van der Waals surface area contributed by atoms with Crippen LogP contribution >= 0.6 is 0 Å². The van der Waals surface area contributed by atoms with Crippen molar-refractivity contribution in [3.8, 4) is 5.75 Å². The molecule has 7 nitrogen and oxygen atoms in total. The number of benzene rings is 1. The van der Waals surface area contributed by atoms with Crippen LogP contribution in [0.25, 0.3) is 0 Å². The first-order chi connectivity index (χ1) is 12.5. The molecule has 0 bridgehead atoms. The van der Waals surface area contributed by atoms with Gasteiger partial charge in [-0.05, 0) is 57.4 Å². The Bertz CT molecular complexity index is 729. The van der Waals surface area contributed by atoms with Gasteiger partial charge in [0.1, 0.15) is 5.75 Å². The highest BCUT2D eigenvalue weighted by Crippen LogP contribution is 2.26. The number of nitrogens with one attached hydrogen (secondary N) is 1. The van der Waals surface area contributed by atoms with Crippen LogP contribution in [0.1, 0.15) is 50.7 Å². The molecule has 0 aliphatic carbocycles. The highest BCUT2D eigenvalue weighted by atomic mass is 16.5. The van der Waals surface area contributed by atoms with Gasteiger partial charge in [-0.25, -0.2) is 4.79 Å². The lowest BCUT2D eigenvalue weighted by atomic mass is 9.98. The number of hydrogen-bond donors (Lipinski definition) is 1. The first-order valence-electron chi connectivity index (χ1n) is 9.18. The van der Waals surface area contributed by atoms with Crippen LogP contribution in [-0.4, -0.2) is 40.3 Å². The fourth-order valence-corrected chi connectivity index (χ4v) is 2.98. The number of likely N-dealkylation sites (tertiary alicyclic amines) is 1. The Morgan fingerprint density at radius 1 is 1.42 bits per heavy atom. The molecule has 1 aliphatic rings. The second kappa shape index (κ2) is 8.21. The third-order valence-electron chi connectivity index (χ3n) is 4.62. The van der Waals surface area contributed by atoms with Crippen molar-refractivity contribution in [2.24, 2.45) is 0 Å². The minimum Gasteiger partial charge on any atom is -0.491 e. The van der Waals surface area contributed by atoms with Crippen LogP contribution in [0.5, 0.6) is 5.75 Å². The van der Waals surface area contributed by atoms with Crippen LogP contribution in [0.15, 0.2) is 28.8 Å². The molecule has 3 rings (SSSR count). The second-order valence-corrected chi connectivity index (χ2v) is 6.76. The van der Waals surface area contributed by atoms with Crippen molar-refractivity contribution < 1.29 is 14.1 Å². The van der Waals surface area contributed by atoms with Crippen molar-refractivity contribution in [1.82, 2.24) is 15.0 Å². The molecular weight excluding hydrogens is 332 g/mol. The number of carbonyl (C=O) groups excluding carboxylic acids is 1. The number of carbonyl (C=O) groups is 1. The smallest absolute Gasteiger partial charge is 0.321 e. The van der Waals surface area contributed by atoms with Crippen LogP contribution < -0.4 is 10.1 Å². The Hall–Kier alpha value is -2.57. The third-order valence-corrected chi connectivity index (χ3v) is 4.62. The van der Waals surface area contributed by atoms with Crippen molar-refractivity contribution in [2.75, 3.05) is 18.4 Å². The Morgan fingerprint density at radius 2 is 2.19 bits per heavy atom. The predicted octanol–water partition coefficient (Wildman–Crippen LogP) is 3.97. The lowest BCUT2D eigenvalue weighted by molar-refractivity contribution is 0.184. The molecule has 1 aromatic carbocycles. The standard InChI is InChI=1S/C19H26N4O3/c1-4-13(2)25-17-9-7-16(8-10-17)21-19(24)23-11-5-6-15(12-23)18-20-14(3)22-26-18/h7-10,13,15H,4-6,11-12H2,1-3H3,(H,21,24)/t13-,15+/m1/s1. The van der Waals surface area contributed by atoms with E-state index in [0.717, 1.165) is 37.2 Å². The summed E-state index contributed by atoms with van der Waals surface area (Å²) in [5, 5.41) is 6.80. The predicted molar refractivity (Wildman–Crippen MR) is 98.4 cm³/mol. The number of rotatable bonds is 5. The highest BCUT2D eigenvalue weighted by molar-refractivity contribution is 5.89. The zero-order chi connectivity index (χ0) is 18.5.